The van der Waals surface area contributed by atoms with Gasteiger partial charge >= 0.3 is 0 Å². The zero-order valence-corrected chi connectivity index (χ0v) is 7.94. The van der Waals surface area contributed by atoms with E-state index in [1.165, 1.54) is 0 Å². The number of ether oxygens (including phenoxy) is 1. The Morgan fingerprint density at radius 2 is 2.17 bits per heavy atom. The van der Waals surface area contributed by atoms with Crippen LogP contribution in [0.1, 0.15) is 11.1 Å². The predicted octanol–water partition coefficient (Wildman–Crippen LogP) is 1.64. The summed E-state index contributed by atoms with van der Waals surface area (Å²) in [5, 5.41) is 0. The summed E-state index contributed by atoms with van der Waals surface area (Å²) in [5.41, 5.74) is 7.43. The molecule has 0 aromatic heterocycles. The maximum atomic E-state index is 5.51. The second kappa shape index (κ2) is 3.54. The summed E-state index contributed by atoms with van der Waals surface area (Å²) in [6.45, 7) is 1.99. The van der Waals surface area contributed by atoms with Crippen LogP contribution in [0.2, 0.25) is 0 Å². The van der Waals surface area contributed by atoms with E-state index in [0.29, 0.717) is 4.99 Å². The lowest BCUT2D eigenvalue weighted by atomic mass is 10.1. The number of nitrogens with two attached hydrogens (primary N) is 1. The zero-order valence-electron chi connectivity index (χ0n) is 7.13. The monoisotopic (exact) mass is 181 g/mol. The smallest absolute Gasteiger partial charge is 0.129 e. The lowest BCUT2D eigenvalue weighted by Crippen LogP contribution is -2.11. The molecule has 0 amide bonds. The van der Waals surface area contributed by atoms with Crippen molar-refractivity contribution in [2.75, 3.05) is 7.11 Å². The van der Waals surface area contributed by atoms with Crippen LogP contribution in [0.4, 0.5) is 0 Å². The molecule has 0 atom stereocenters. The summed E-state index contributed by atoms with van der Waals surface area (Å²) in [7, 11) is 1.60. The van der Waals surface area contributed by atoms with Crippen LogP contribution in [0.5, 0.6) is 5.75 Å². The molecule has 2 N–H and O–H groups in total. The normalized spacial score (nSPS) is 9.50. The Hall–Kier alpha value is -1.09. The molecule has 0 radical (unpaired) electrons. The highest BCUT2D eigenvalue weighted by atomic mass is 32.1. The predicted molar refractivity (Wildman–Crippen MR) is 53.6 cm³/mol. The molecule has 12 heavy (non-hydrogen) atoms. The molecule has 0 heterocycles. The minimum absolute atomic E-state index is 0.371. The van der Waals surface area contributed by atoms with Crippen molar-refractivity contribution in [1.82, 2.24) is 0 Å². The molecule has 1 aromatic rings. The Balaban J connectivity index is 3.21. The van der Waals surface area contributed by atoms with Gasteiger partial charge in [0.1, 0.15) is 10.7 Å². The van der Waals surface area contributed by atoms with Crippen molar-refractivity contribution in [3.8, 4) is 5.75 Å². The zero-order chi connectivity index (χ0) is 9.14. The molecule has 64 valence electrons. The van der Waals surface area contributed by atoms with Gasteiger partial charge in [0.05, 0.1) is 12.7 Å². The second-order valence-electron chi connectivity index (χ2n) is 2.57. The van der Waals surface area contributed by atoms with Crippen LogP contribution < -0.4 is 10.5 Å². The van der Waals surface area contributed by atoms with Gasteiger partial charge in [0.25, 0.3) is 0 Å². The lowest BCUT2D eigenvalue weighted by Gasteiger charge is -2.06. The molecule has 1 aromatic carbocycles. The molecule has 0 spiro atoms. The van der Waals surface area contributed by atoms with Gasteiger partial charge in [-0.15, -0.1) is 0 Å². The summed E-state index contributed by atoms with van der Waals surface area (Å²) in [6.07, 6.45) is 0. The Labute approximate surface area is 77.3 Å². The highest BCUT2D eigenvalue weighted by Crippen LogP contribution is 2.18. The topological polar surface area (TPSA) is 35.2 Å². The third-order valence-electron chi connectivity index (χ3n) is 1.62. The molecule has 1 rings (SSSR count). The van der Waals surface area contributed by atoms with Gasteiger partial charge in [0, 0.05) is 0 Å². The van der Waals surface area contributed by atoms with Crippen molar-refractivity contribution in [2.24, 2.45) is 5.73 Å². The van der Waals surface area contributed by atoms with Crippen LogP contribution in [0.25, 0.3) is 0 Å². The van der Waals surface area contributed by atoms with Crippen LogP contribution in [0.3, 0.4) is 0 Å². The van der Waals surface area contributed by atoms with Gasteiger partial charge in [0.15, 0.2) is 0 Å². The van der Waals surface area contributed by atoms with Crippen molar-refractivity contribution in [3.05, 3.63) is 29.3 Å². The van der Waals surface area contributed by atoms with E-state index in [1.54, 1.807) is 7.11 Å². The van der Waals surface area contributed by atoms with Gasteiger partial charge in [-0.25, -0.2) is 0 Å². The van der Waals surface area contributed by atoms with E-state index in [9.17, 15) is 0 Å². The third-order valence-corrected chi connectivity index (χ3v) is 1.84. The minimum atomic E-state index is 0.371. The van der Waals surface area contributed by atoms with Gasteiger partial charge in [-0.1, -0.05) is 23.8 Å². The van der Waals surface area contributed by atoms with E-state index >= 15 is 0 Å². The standard InChI is InChI=1S/C9H11NOS/c1-6-3-4-8(11-2)7(5-6)9(10)12/h3-5H,1-2H3,(H2,10,12). The second-order valence-corrected chi connectivity index (χ2v) is 3.01. The van der Waals surface area contributed by atoms with Crippen molar-refractivity contribution in [3.63, 3.8) is 0 Å². The lowest BCUT2D eigenvalue weighted by molar-refractivity contribution is 0.414. The van der Waals surface area contributed by atoms with Crippen LogP contribution in [-0.2, 0) is 0 Å². The molecule has 0 aliphatic heterocycles. The van der Waals surface area contributed by atoms with Crippen molar-refractivity contribution in [1.29, 1.82) is 0 Å². The number of benzene rings is 1. The highest BCUT2D eigenvalue weighted by molar-refractivity contribution is 7.80. The molecular formula is C9H11NOS. The van der Waals surface area contributed by atoms with Gasteiger partial charge in [-0.3, -0.25) is 0 Å². The van der Waals surface area contributed by atoms with Gasteiger partial charge in [-0.2, -0.15) is 0 Å². The van der Waals surface area contributed by atoms with E-state index in [1.807, 2.05) is 25.1 Å². The molecular weight excluding hydrogens is 170 g/mol. The summed E-state index contributed by atoms with van der Waals surface area (Å²) in [6, 6.07) is 5.74. The summed E-state index contributed by atoms with van der Waals surface area (Å²) in [5.74, 6) is 0.730. The molecule has 0 saturated heterocycles. The molecule has 0 aliphatic carbocycles. The average Bonchev–Trinajstić information content (AvgIpc) is 2.04. The number of methoxy groups -OCH3 is 1. The molecule has 2 nitrogen and oxygen atoms in total. The highest BCUT2D eigenvalue weighted by Gasteiger charge is 2.04. The van der Waals surface area contributed by atoms with Crippen LogP contribution >= 0.6 is 12.2 Å². The largest absolute Gasteiger partial charge is 0.496 e. The molecule has 0 fully saturated rings. The fourth-order valence-electron chi connectivity index (χ4n) is 1.01. The number of rotatable bonds is 2. The summed E-state index contributed by atoms with van der Waals surface area (Å²) < 4.78 is 5.09. The summed E-state index contributed by atoms with van der Waals surface area (Å²) in [4.78, 5) is 0.371. The van der Waals surface area contributed by atoms with Crippen LogP contribution in [0, 0.1) is 6.92 Å². The first kappa shape index (κ1) is 9.00. The first-order chi connectivity index (χ1) is 5.65. The maximum absolute atomic E-state index is 5.51. The van der Waals surface area contributed by atoms with Crippen LogP contribution in [-0.4, -0.2) is 12.1 Å². The van der Waals surface area contributed by atoms with Crippen molar-refractivity contribution >= 4 is 17.2 Å². The number of hydrogen-bond donors (Lipinski definition) is 1. The molecule has 0 aliphatic rings. The summed E-state index contributed by atoms with van der Waals surface area (Å²) >= 11 is 4.87. The van der Waals surface area contributed by atoms with Crippen molar-refractivity contribution in [2.45, 2.75) is 6.92 Å². The Bertz CT molecular complexity index is 309. The van der Waals surface area contributed by atoms with Gasteiger partial charge in [0.2, 0.25) is 0 Å². The Kier molecular flexibility index (Phi) is 2.65. The van der Waals surface area contributed by atoms with E-state index in [-0.39, 0.29) is 0 Å². The molecule has 3 heteroatoms. The van der Waals surface area contributed by atoms with Gasteiger partial charge in [-0.05, 0) is 19.1 Å². The first-order valence-corrected chi connectivity index (χ1v) is 4.00. The number of aryl methyl sites for hydroxylation is 1. The van der Waals surface area contributed by atoms with Gasteiger partial charge < -0.3 is 10.5 Å². The first-order valence-electron chi connectivity index (χ1n) is 3.59. The Morgan fingerprint density at radius 3 is 2.67 bits per heavy atom. The molecule has 0 bridgehead atoms. The minimum Gasteiger partial charge on any atom is -0.496 e. The quantitative estimate of drug-likeness (QED) is 0.704. The SMILES string of the molecule is COc1ccc(C)cc1C(N)=S. The number of thiocarbonyl (C=S) groups is 1. The fourth-order valence-corrected chi connectivity index (χ4v) is 1.17. The van der Waals surface area contributed by atoms with E-state index in [2.05, 4.69) is 0 Å². The van der Waals surface area contributed by atoms with E-state index in [0.717, 1.165) is 16.9 Å². The van der Waals surface area contributed by atoms with Crippen molar-refractivity contribution < 1.29 is 4.74 Å². The van der Waals surface area contributed by atoms with Crippen LogP contribution in [0.15, 0.2) is 18.2 Å². The maximum Gasteiger partial charge on any atom is 0.129 e. The van der Waals surface area contributed by atoms with E-state index in [4.69, 9.17) is 22.7 Å². The molecule has 0 unspecified atom stereocenters. The number of hydrogen-bond acceptors (Lipinski definition) is 2. The van der Waals surface area contributed by atoms with E-state index < -0.39 is 0 Å². The average molecular weight is 181 g/mol. The third kappa shape index (κ3) is 1.74. The Morgan fingerprint density at radius 1 is 1.50 bits per heavy atom. The fraction of sp³-hybridized carbons (Fsp3) is 0.222. The molecule has 0 saturated carbocycles.